The van der Waals surface area contributed by atoms with Crippen molar-refractivity contribution in [2.24, 2.45) is 0 Å². The number of halogens is 2. The van der Waals surface area contributed by atoms with Gasteiger partial charge in [-0.05, 0) is 62.1 Å². The second-order valence-corrected chi connectivity index (χ2v) is 7.88. The number of benzene rings is 2. The molecule has 2 aromatic rings. The van der Waals surface area contributed by atoms with Crippen LogP contribution in [0.25, 0.3) is 0 Å². The number of nitrogens with zero attached hydrogens (tertiary/aromatic N) is 1. The van der Waals surface area contributed by atoms with Crippen molar-refractivity contribution in [1.82, 2.24) is 10.2 Å². The van der Waals surface area contributed by atoms with Gasteiger partial charge in [0.1, 0.15) is 11.8 Å². The normalized spacial score (nSPS) is 11.7. The van der Waals surface area contributed by atoms with Crippen molar-refractivity contribution in [3.63, 3.8) is 0 Å². The molecule has 2 aromatic carbocycles. The van der Waals surface area contributed by atoms with E-state index in [9.17, 15) is 9.59 Å². The van der Waals surface area contributed by atoms with Crippen LogP contribution in [0.2, 0.25) is 10.0 Å². The van der Waals surface area contributed by atoms with E-state index in [4.69, 9.17) is 27.9 Å². The van der Waals surface area contributed by atoms with Gasteiger partial charge in [-0.1, -0.05) is 48.3 Å². The summed E-state index contributed by atoms with van der Waals surface area (Å²) in [5.74, 6) is 0.0726. The predicted molar refractivity (Wildman–Crippen MR) is 121 cm³/mol. The van der Waals surface area contributed by atoms with Gasteiger partial charge in [0.2, 0.25) is 5.91 Å². The summed E-state index contributed by atoms with van der Waals surface area (Å²) < 4.78 is 5.75. The maximum absolute atomic E-state index is 13.1. The lowest BCUT2D eigenvalue weighted by molar-refractivity contribution is -0.142. The molecule has 0 aliphatic carbocycles. The van der Waals surface area contributed by atoms with E-state index >= 15 is 0 Å². The summed E-state index contributed by atoms with van der Waals surface area (Å²) in [6, 6.07) is 10.3. The Kier molecular flexibility index (Phi) is 9.00. The second kappa shape index (κ2) is 11.2. The summed E-state index contributed by atoms with van der Waals surface area (Å²) in [4.78, 5) is 27.3. The molecule has 0 saturated heterocycles. The van der Waals surface area contributed by atoms with Gasteiger partial charge < -0.3 is 15.0 Å². The molecule has 2 rings (SSSR count). The molecule has 0 spiro atoms. The monoisotopic (exact) mass is 450 g/mol. The number of likely N-dealkylation sites (N-methyl/N-ethyl adjacent to an activating group) is 1. The first-order valence-corrected chi connectivity index (χ1v) is 10.7. The number of aryl methyl sites for hydroxylation is 2. The van der Waals surface area contributed by atoms with Crippen LogP contribution in [0.1, 0.15) is 37.0 Å². The van der Waals surface area contributed by atoms with Crippen molar-refractivity contribution < 1.29 is 14.3 Å². The summed E-state index contributed by atoms with van der Waals surface area (Å²) >= 11 is 12.5. The standard InChI is InChI=1S/C23H28Cl2N2O3/c1-5-20(23(29)26-6-2)27(13-17-9-7-8-10-19(17)24)21(28)14-30-18-11-15(3)22(25)16(4)12-18/h7-12,20H,5-6,13-14H2,1-4H3,(H,26,29). The lowest BCUT2D eigenvalue weighted by atomic mass is 10.1. The zero-order valence-electron chi connectivity index (χ0n) is 17.8. The van der Waals surface area contributed by atoms with Gasteiger partial charge in [-0.15, -0.1) is 0 Å². The predicted octanol–water partition coefficient (Wildman–Crippen LogP) is 4.93. The Bertz CT molecular complexity index is 879. The highest BCUT2D eigenvalue weighted by atomic mass is 35.5. The number of hydrogen-bond acceptors (Lipinski definition) is 3. The number of amides is 2. The van der Waals surface area contributed by atoms with Gasteiger partial charge in [0.25, 0.3) is 5.91 Å². The second-order valence-electron chi connectivity index (χ2n) is 7.09. The summed E-state index contributed by atoms with van der Waals surface area (Å²) in [5.41, 5.74) is 2.52. The fourth-order valence-electron chi connectivity index (χ4n) is 3.24. The highest BCUT2D eigenvalue weighted by molar-refractivity contribution is 6.32. The largest absolute Gasteiger partial charge is 0.484 e. The van der Waals surface area contributed by atoms with Gasteiger partial charge in [0, 0.05) is 23.1 Å². The van der Waals surface area contributed by atoms with E-state index in [-0.39, 0.29) is 25.0 Å². The van der Waals surface area contributed by atoms with Gasteiger partial charge in [0.15, 0.2) is 6.61 Å². The van der Waals surface area contributed by atoms with E-state index in [0.717, 1.165) is 16.7 Å². The summed E-state index contributed by atoms with van der Waals surface area (Å²) in [6.07, 6.45) is 0.473. The quantitative estimate of drug-likeness (QED) is 0.588. The fraction of sp³-hybridized carbons (Fsp3) is 0.391. The molecule has 30 heavy (non-hydrogen) atoms. The SMILES string of the molecule is CCNC(=O)C(CC)N(Cc1ccccc1Cl)C(=O)COc1cc(C)c(Cl)c(C)c1. The molecule has 0 bridgehead atoms. The molecule has 0 aromatic heterocycles. The molecule has 0 saturated carbocycles. The van der Waals surface area contributed by atoms with Crippen LogP contribution >= 0.6 is 23.2 Å². The number of hydrogen-bond donors (Lipinski definition) is 1. The number of rotatable bonds is 9. The van der Waals surface area contributed by atoms with E-state index in [1.807, 2.05) is 45.9 Å². The highest BCUT2D eigenvalue weighted by Crippen LogP contribution is 2.26. The third-order valence-electron chi connectivity index (χ3n) is 4.81. The average molecular weight is 451 g/mol. The van der Waals surface area contributed by atoms with Crippen LogP contribution in [-0.2, 0) is 16.1 Å². The molecule has 0 fully saturated rings. The first-order chi connectivity index (χ1) is 14.3. The Morgan fingerprint density at radius 2 is 1.73 bits per heavy atom. The molecular weight excluding hydrogens is 423 g/mol. The van der Waals surface area contributed by atoms with Crippen LogP contribution in [0.5, 0.6) is 5.75 Å². The van der Waals surface area contributed by atoms with Crippen molar-refractivity contribution >= 4 is 35.0 Å². The Hall–Kier alpha value is -2.24. The van der Waals surface area contributed by atoms with Gasteiger partial charge in [-0.25, -0.2) is 0 Å². The molecule has 7 heteroatoms. The first kappa shape index (κ1) is 24.0. The molecule has 2 amide bonds. The molecule has 0 radical (unpaired) electrons. The van der Waals surface area contributed by atoms with E-state index < -0.39 is 6.04 Å². The van der Waals surface area contributed by atoms with Crippen LogP contribution in [-0.4, -0.2) is 35.9 Å². The minimum Gasteiger partial charge on any atom is -0.484 e. The Labute approximate surface area is 188 Å². The van der Waals surface area contributed by atoms with E-state index in [1.165, 1.54) is 4.90 Å². The highest BCUT2D eigenvalue weighted by Gasteiger charge is 2.29. The molecule has 1 N–H and O–H groups in total. The van der Waals surface area contributed by atoms with Crippen molar-refractivity contribution in [3.05, 3.63) is 63.1 Å². The fourth-order valence-corrected chi connectivity index (χ4v) is 3.54. The third kappa shape index (κ3) is 6.13. The van der Waals surface area contributed by atoms with Crippen LogP contribution in [0.3, 0.4) is 0 Å². The number of carbonyl (C=O) groups is 2. The molecule has 0 heterocycles. The van der Waals surface area contributed by atoms with Crippen LogP contribution in [0.15, 0.2) is 36.4 Å². The Morgan fingerprint density at radius 3 is 2.30 bits per heavy atom. The molecule has 0 aliphatic heterocycles. The van der Waals surface area contributed by atoms with Crippen molar-refractivity contribution in [3.8, 4) is 5.75 Å². The topological polar surface area (TPSA) is 58.6 Å². The maximum atomic E-state index is 13.1. The van der Waals surface area contributed by atoms with Gasteiger partial charge >= 0.3 is 0 Å². The first-order valence-electron chi connectivity index (χ1n) is 9.98. The minimum atomic E-state index is -0.619. The minimum absolute atomic E-state index is 0.194. The zero-order valence-corrected chi connectivity index (χ0v) is 19.3. The summed E-state index contributed by atoms with van der Waals surface area (Å²) in [6.45, 7) is 8.00. The molecule has 0 aliphatic rings. The average Bonchev–Trinajstić information content (AvgIpc) is 2.71. The van der Waals surface area contributed by atoms with E-state index in [1.54, 1.807) is 18.2 Å². The van der Waals surface area contributed by atoms with E-state index in [2.05, 4.69) is 5.32 Å². The molecule has 1 unspecified atom stereocenters. The lowest BCUT2D eigenvalue weighted by Gasteiger charge is -2.30. The van der Waals surface area contributed by atoms with Crippen molar-refractivity contribution in [2.75, 3.05) is 13.2 Å². The number of carbonyl (C=O) groups excluding carboxylic acids is 2. The van der Waals surface area contributed by atoms with Gasteiger partial charge in [-0.3, -0.25) is 9.59 Å². The summed E-state index contributed by atoms with van der Waals surface area (Å²) in [7, 11) is 0. The van der Waals surface area contributed by atoms with Gasteiger partial charge in [-0.2, -0.15) is 0 Å². The number of ether oxygens (including phenoxy) is 1. The Balaban J connectivity index is 2.24. The summed E-state index contributed by atoms with van der Waals surface area (Å²) in [5, 5.41) is 4.03. The number of nitrogens with one attached hydrogen (secondary N) is 1. The third-order valence-corrected chi connectivity index (χ3v) is 5.77. The van der Waals surface area contributed by atoms with E-state index in [0.29, 0.717) is 28.8 Å². The molecule has 1 atom stereocenters. The molecule has 5 nitrogen and oxygen atoms in total. The molecular formula is C23H28Cl2N2O3. The zero-order chi connectivity index (χ0) is 22.3. The smallest absolute Gasteiger partial charge is 0.261 e. The van der Waals surface area contributed by atoms with Crippen LogP contribution in [0.4, 0.5) is 0 Å². The van der Waals surface area contributed by atoms with Gasteiger partial charge in [0.05, 0.1) is 0 Å². The maximum Gasteiger partial charge on any atom is 0.261 e. The van der Waals surface area contributed by atoms with Crippen molar-refractivity contribution in [2.45, 2.75) is 46.7 Å². The molecule has 162 valence electrons. The lowest BCUT2D eigenvalue weighted by Crippen LogP contribution is -2.50. The van der Waals surface area contributed by atoms with Crippen molar-refractivity contribution in [1.29, 1.82) is 0 Å². The Morgan fingerprint density at radius 1 is 1.10 bits per heavy atom. The van der Waals surface area contributed by atoms with Crippen LogP contribution in [0, 0.1) is 13.8 Å². The van der Waals surface area contributed by atoms with Crippen LogP contribution < -0.4 is 10.1 Å².